The van der Waals surface area contributed by atoms with Gasteiger partial charge >= 0.3 is 5.97 Å². The molecule has 76 valence electrons. The number of carboxylic acid groups (broad SMARTS) is 1. The number of rotatable bonds is 3. The molecule has 1 aromatic rings. The Bertz CT molecular complexity index is 377. The number of hydrogen-bond donors (Lipinski definition) is 2. The lowest BCUT2D eigenvalue weighted by Crippen LogP contribution is -2.29. The Balaban J connectivity index is 2.69. The molecule has 0 saturated carbocycles. The molecule has 0 aliphatic carbocycles. The van der Waals surface area contributed by atoms with Gasteiger partial charge in [-0.2, -0.15) is 0 Å². The minimum absolute atomic E-state index is 0.376. The molecule has 14 heavy (non-hydrogen) atoms. The Kier molecular flexibility index (Phi) is 4.09. The van der Waals surface area contributed by atoms with Crippen LogP contribution in [0.3, 0.4) is 0 Å². The van der Waals surface area contributed by atoms with Gasteiger partial charge < -0.3 is 10.4 Å². The molecule has 0 unspecified atom stereocenters. The van der Waals surface area contributed by atoms with Crippen molar-refractivity contribution in [2.24, 2.45) is 0 Å². The van der Waals surface area contributed by atoms with Crippen molar-refractivity contribution in [2.75, 3.05) is 6.54 Å². The van der Waals surface area contributed by atoms with Gasteiger partial charge in [0.25, 0.3) is 5.91 Å². The molecular formula is C7H5Br2NO3S. The van der Waals surface area contributed by atoms with Crippen molar-refractivity contribution in [3.63, 3.8) is 0 Å². The zero-order chi connectivity index (χ0) is 10.7. The number of hydrogen-bond acceptors (Lipinski definition) is 3. The van der Waals surface area contributed by atoms with E-state index in [1.165, 1.54) is 11.3 Å². The van der Waals surface area contributed by atoms with Crippen LogP contribution in [0.1, 0.15) is 10.4 Å². The highest BCUT2D eigenvalue weighted by atomic mass is 79.9. The highest BCUT2D eigenvalue weighted by Crippen LogP contribution is 2.31. The maximum absolute atomic E-state index is 11.4. The zero-order valence-electron chi connectivity index (χ0n) is 6.71. The minimum atomic E-state index is -1.07. The number of aliphatic carboxylic acids is 1. The van der Waals surface area contributed by atoms with Gasteiger partial charge in [0.2, 0.25) is 0 Å². The largest absolute Gasteiger partial charge is 0.480 e. The third-order valence-electron chi connectivity index (χ3n) is 1.30. The summed E-state index contributed by atoms with van der Waals surface area (Å²) in [5.74, 6) is -1.47. The number of nitrogens with one attached hydrogen (secondary N) is 1. The van der Waals surface area contributed by atoms with Crippen LogP contribution in [0.25, 0.3) is 0 Å². The van der Waals surface area contributed by atoms with Gasteiger partial charge in [-0.15, -0.1) is 11.3 Å². The van der Waals surface area contributed by atoms with Crippen LogP contribution in [0.15, 0.2) is 13.6 Å². The average Bonchev–Trinajstić information content (AvgIpc) is 2.41. The molecule has 0 aliphatic heterocycles. The predicted molar refractivity (Wildman–Crippen MR) is 59.7 cm³/mol. The van der Waals surface area contributed by atoms with E-state index in [4.69, 9.17) is 5.11 Å². The summed E-state index contributed by atoms with van der Waals surface area (Å²) in [4.78, 5) is 21.6. The summed E-state index contributed by atoms with van der Waals surface area (Å²) in [5.41, 5.74) is 0.433. The molecule has 1 amide bonds. The summed E-state index contributed by atoms with van der Waals surface area (Å²) < 4.78 is 1.48. The Hall–Kier alpha value is -0.400. The van der Waals surface area contributed by atoms with E-state index in [0.717, 1.165) is 3.79 Å². The second kappa shape index (κ2) is 4.90. The molecule has 1 rings (SSSR count). The first-order valence-electron chi connectivity index (χ1n) is 3.45. The van der Waals surface area contributed by atoms with Crippen molar-refractivity contribution in [2.45, 2.75) is 0 Å². The van der Waals surface area contributed by atoms with Crippen LogP contribution >= 0.6 is 43.2 Å². The molecule has 0 fully saturated rings. The quantitative estimate of drug-likeness (QED) is 0.883. The number of carbonyl (C=O) groups is 2. The molecule has 0 radical (unpaired) electrons. The van der Waals surface area contributed by atoms with Gasteiger partial charge in [0.15, 0.2) is 0 Å². The third kappa shape index (κ3) is 3.07. The van der Waals surface area contributed by atoms with Crippen molar-refractivity contribution < 1.29 is 14.7 Å². The molecule has 0 aromatic carbocycles. The monoisotopic (exact) mass is 341 g/mol. The summed E-state index contributed by atoms with van der Waals surface area (Å²) >= 11 is 7.79. The van der Waals surface area contributed by atoms with Crippen LogP contribution in [-0.2, 0) is 4.79 Å². The van der Waals surface area contributed by atoms with Crippen molar-refractivity contribution in [3.8, 4) is 0 Å². The molecule has 0 spiro atoms. The molecule has 0 aliphatic rings. The van der Waals surface area contributed by atoms with E-state index in [9.17, 15) is 9.59 Å². The van der Waals surface area contributed by atoms with E-state index in [-0.39, 0.29) is 6.54 Å². The lowest BCUT2D eigenvalue weighted by molar-refractivity contribution is -0.135. The maximum atomic E-state index is 11.4. The normalized spacial score (nSPS) is 9.86. The molecule has 0 saturated heterocycles. The molecule has 1 aromatic heterocycles. The lowest BCUT2D eigenvalue weighted by Gasteiger charge is -1.99. The maximum Gasteiger partial charge on any atom is 0.322 e. The topological polar surface area (TPSA) is 66.4 Å². The number of halogens is 2. The molecule has 1 heterocycles. The van der Waals surface area contributed by atoms with Crippen molar-refractivity contribution in [3.05, 3.63) is 19.2 Å². The molecule has 2 N–H and O–H groups in total. The van der Waals surface area contributed by atoms with Gasteiger partial charge in [0.05, 0.1) is 13.1 Å². The molecule has 7 heteroatoms. The van der Waals surface area contributed by atoms with E-state index >= 15 is 0 Å². The number of carbonyl (C=O) groups excluding carboxylic acids is 1. The van der Waals surface area contributed by atoms with Crippen LogP contribution in [-0.4, -0.2) is 23.5 Å². The first kappa shape index (κ1) is 11.7. The van der Waals surface area contributed by atoms with Crippen LogP contribution in [0, 0.1) is 0 Å². The van der Waals surface area contributed by atoms with E-state index in [1.807, 2.05) is 0 Å². The fourth-order valence-corrected chi connectivity index (χ4v) is 3.54. The van der Waals surface area contributed by atoms with Crippen molar-refractivity contribution in [1.29, 1.82) is 0 Å². The zero-order valence-corrected chi connectivity index (χ0v) is 10.7. The second-order valence-electron chi connectivity index (χ2n) is 2.31. The number of thiophene rings is 1. The van der Waals surface area contributed by atoms with Gasteiger partial charge in [0.1, 0.15) is 6.54 Å². The smallest absolute Gasteiger partial charge is 0.322 e. The van der Waals surface area contributed by atoms with E-state index in [0.29, 0.717) is 9.35 Å². The van der Waals surface area contributed by atoms with Gasteiger partial charge in [0, 0.05) is 0 Å². The highest BCUT2D eigenvalue weighted by molar-refractivity contribution is 9.12. The van der Waals surface area contributed by atoms with Gasteiger partial charge in [-0.05, 0) is 37.9 Å². The Morgan fingerprint density at radius 2 is 2.14 bits per heavy atom. The lowest BCUT2D eigenvalue weighted by atomic mass is 10.3. The van der Waals surface area contributed by atoms with Crippen molar-refractivity contribution >= 4 is 55.1 Å². The van der Waals surface area contributed by atoms with Crippen LogP contribution in [0.4, 0.5) is 0 Å². The number of carboxylic acids is 1. The highest BCUT2D eigenvalue weighted by Gasteiger charge is 2.13. The standard InChI is InChI=1S/C7H5Br2NO3S/c8-4-1-3(6(9)14-4)7(13)10-2-5(11)12/h1H,2H2,(H,10,13)(H,11,12). The summed E-state index contributed by atoms with van der Waals surface area (Å²) in [7, 11) is 0. The molecule has 0 atom stereocenters. The van der Waals surface area contributed by atoms with Gasteiger partial charge in [-0.3, -0.25) is 9.59 Å². The first-order chi connectivity index (χ1) is 6.50. The van der Waals surface area contributed by atoms with Crippen LogP contribution in [0.2, 0.25) is 0 Å². The van der Waals surface area contributed by atoms with E-state index < -0.39 is 11.9 Å². The number of amides is 1. The summed E-state index contributed by atoms with van der Waals surface area (Å²) in [6.07, 6.45) is 0. The summed E-state index contributed by atoms with van der Waals surface area (Å²) in [6, 6.07) is 1.63. The fraction of sp³-hybridized carbons (Fsp3) is 0.143. The Labute approximate surface area is 101 Å². The SMILES string of the molecule is O=C(O)CNC(=O)c1cc(Br)sc1Br. The summed E-state index contributed by atoms with van der Waals surface area (Å²) in [5, 5.41) is 10.6. The van der Waals surface area contributed by atoms with Crippen molar-refractivity contribution in [1.82, 2.24) is 5.32 Å². The Morgan fingerprint density at radius 1 is 1.50 bits per heavy atom. The average molecular weight is 343 g/mol. The van der Waals surface area contributed by atoms with Gasteiger partial charge in [-0.1, -0.05) is 0 Å². The van der Waals surface area contributed by atoms with E-state index in [2.05, 4.69) is 37.2 Å². The Morgan fingerprint density at radius 3 is 2.57 bits per heavy atom. The second-order valence-corrected chi connectivity index (χ2v) is 6.06. The molecule has 0 bridgehead atoms. The van der Waals surface area contributed by atoms with Crippen LogP contribution in [0.5, 0.6) is 0 Å². The predicted octanol–water partition coefficient (Wildman–Crippen LogP) is 2.09. The van der Waals surface area contributed by atoms with Gasteiger partial charge in [-0.25, -0.2) is 0 Å². The molecular weight excluding hydrogens is 338 g/mol. The summed E-state index contributed by atoms with van der Waals surface area (Å²) in [6.45, 7) is -0.376. The van der Waals surface area contributed by atoms with E-state index in [1.54, 1.807) is 6.07 Å². The fourth-order valence-electron chi connectivity index (χ4n) is 0.746. The minimum Gasteiger partial charge on any atom is -0.480 e. The molecule has 4 nitrogen and oxygen atoms in total. The van der Waals surface area contributed by atoms with Crippen LogP contribution < -0.4 is 5.32 Å². The first-order valence-corrected chi connectivity index (χ1v) is 5.86. The third-order valence-corrected chi connectivity index (χ3v) is 3.64.